The van der Waals surface area contributed by atoms with Gasteiger partial charge in [0.05, 0.1) is 26.4 Å². The highest BCUT2D eigenvalue weighted by Crippen LogP contribution is 2.45. The Labute approximate surface area is 588 Å². The Kier molecular flexibility index (Phi) is 67.4. The van der Waals surface area contributed by atoms with E-state index in [0.29, 0.717) is 25.7 Å². The predicted molar refractivity (Wildman–Crippen MR) is 391 cm³/mol. The van der Waals surface area contributed by atoms with Crippen molar-refractivity contribution in [2.45, 2.75) is 419 Å². The molecule has 0 spiro atoms. The first-order valence-electron chi connectivity index (χ1n) is 40.0. The number of rotatable bonds is 76. The average molecular weight is 1410 g/mol. The molecular weight excluding hydrogens is 1260 g/mol. The van der Waals surface area contributed by atoms with Crippen LogP contribution in [-0.2, 0) is 65.4 Å². The topological polar surface area (TPSA) is 237 Å². The fraction of sp³-hybridized carbons (Fsp3) is 0.948. The van der Waals surface area contributed by atoms with Gasteiger partial charge in [-0.15, -0.1) is 0 Å². The number of hydrogen-bond donors (Lipinski definition) is 3. The number of phosphoric acid groups is 2. The standard InChI is InChI=1S/C77H150O17P2/c1-7-9-11-13-15-17-18-19-26-32-37-43-49-55-61-76(81)93-72(65-87-74(79)59-53-47-41-16-14-12-10-8-2)67-91-95(83,84)89-63-71(78)64-90-96(85,86)92-68-73(66-88-75(80)60-54-48-42-36-31-28-23-25-30-35-40-46-52-58-70(5)6)94-77(82)62-56-50-44-38-33-27-22-20-21-24-29-34-39-45-51-57-69(3)4/h69-73,78H,7-68H2,1-6H3,(H,83,84)(H,85,86)/t71-,72+,73+/m0/s1. The van der Waals surface area contributed by atoms with Gasteiger partial charge >= 0.3 is 39.5 Å². The molecule has 96 heavy (non-hydrogen) atoms. The number of carbonyl (C=O) groups is 4. The molecule has 0 saturated heterocycles. The molecule has 19 heteroatoms. The van der Waals surface area contributed by atoms with Gasteiger partial charge in [-0.05, 0) is 37.5 Å². The van der Waals surface area contributed by atoms with E-state index in [1.807, 2.05) is 0 Å². The molecular formula is C77H150O17P2. The maximum Gasteiger partial charge on any atom is 0.472 e. The number of esters is 4. The lowest BCUT2D eigenvalue weighted by atomic mass is 10.0. The molecule has 3 N–H and O–H groups in total. The highest BCUT2D eigenvalue weighted by Gasteiger charge is 2.30. The summed E-state index contributed by atoms with van der Waals surface area (Å²) in [4.78, 5) is 72.8. The van der Waals surface area contributed by atoms with Gasteiger partial charge in [0, 0.05) is 25.7 Å². The van der Waals surface area contributed by atoms with Crippen molar-refractivity contribution in [1.82, 2.24) is 0 Å². The fourth-order valence-corrected chi connectivity index (χ4v) is 13.4. The van der Waals surface area contributed by atoms with Crippen molar-refractivity contribution in [3.05, 3.63) is 0 Å². The summed E-state index contributed by atoms with van der Waals surface area (Å²) < 4.78 is 68.5. The smallest absolute Gasteiger partial charge is 0.462 e. The number of ether oxygens (including phenoxy) is 4. The van der Waals surface area contributed by atoms with E-state index in [2.05, 4.69) is 41.5 Å². The van der Waals surface area contributed by atoms with Crippen molar-refractivity contribution in [2.24, 2.45) is 11.8 Å². The Morgan fingerprint density at radius 3 is 0.708 bits per heavy atom. The van der Waals surface area contributed by atoms with Crippen LogP contribution in [0.25, 0.3) is 0 Å². The summed E-state index contributed by atoms with van der Waals surface area (Å²) in [6.45, 7) is 9.63. The molecule has 0 bridgehead atoms. The Morgan fingerprint density at radius 2 is 0.479 bits per heavy atom. The van der Waals surface area contributed by atoms with Crippen molar-refractivity contribution < 1.29 is 80.2 Å². The van der Waals surface area contributed by atoms with Crippen LogP contribution in [-0.4, -0.2) is 96.7 Å². The molecule has 17 nitrogen and oxygen atoms in total. The van der Waals surface area contributed by atoms with Crippen LogP contribution >= 0.6 is 15.6 Å². The quantitative estimate of drug-likeness (QED) is 0.0222. The van der Waals surface area contributed by atoms with Crippen LogP contribution in [0.15, 0.2) is 0 Å². The van der Waals surface area contributed by atoms with Crippen LogP contribution in [0.2, 0.25) is 0 Å². The van der Waals surface area contributed by atoms with E-state index in [9.17, 15) is 43.2 Å². The Morgan fingerprint density at radius 1 is 0.281 bits per heavy atom. The maximum atomic E-state index is 13.1. The van der Waals surface area contributed by atoms with E-state index in [1.54, 1.807) is 0 Å². The first-order chi connectivity index (χ1) is 46.4. The fourth-order valence-electron chi connectivity index (χ4n) is 11.8. The Balaban J connectivity index is 5.21. The third kappa shape index (κ3) is 70.5. The zero-order chi connectivity index (χ0) is 70.7. The molecule has 0 rings (SSSR count). The van der Waals surface area contributed by atoms with E-state index in [0.717, 1.165) is 108 Å². The highest BCUT2D eigenvalue weighted by molar-refractivity contribution is 7.47. The second-order valence-corrected chi connectivity index (χ2v) is 31.6. The summed E-state index contributed by atoms with van der Waals surface area (Å²) in [5.41, 5.74) is 0. The van der Waals surface area contributed by atoms with Crippen LogP contribution in [0.4, 0.5) is 0 Å². The minimum absolute atomic E-state index is 0.108. The lowest BCUT2D eigenvalue weighted by Gasteiger charge is -2.21. The average Bonchev–Trinajstić information content (AvgIpc) is 2.04. The van der Waals surface area contributed by atoms with E-state index in [4.69, 9.17) is 37.0 Å². The van der Waals surface area contributed by atoms with Gasteiger partial charge in [0.15, 0.2) is 12.2 Å². The zero-order valence-corrected chi connectivity index (χ0v) is 64.5. The normalized spacial score (nSPS) is 14.0. The minimum atomic E-state index is -4.96. The van der Waals surface area contributed by atoms with Gasteiger partial charge in [-0.2, -0.15) is 0 Å². The summed E-state index contributed by atoms with van der Waals surface area (Å²) in [6.07, 6.45) is 56.8. The second kappa shape index (κ2) is 68.8. The summed E-state index contributed by atoms with van der Waals surface area (Å²) in [5.74, 6) is -0.521. The van der Waals surface area contributed by atoms with Gasteiger partial charge in [-0.1, -0.05) is 350 Å². The number of hydrogen-bond acceptors (Lipinski definition) is 15. The van der Waals surface area contributed by atoms with Crippen LogP contribution < -0.4 is 0 Å². The van der Waals surface area contributed by atoms with Crippen LogP contribution in [0.1, 0.15) is 401 Å². The lowest BCUT2D eigenvalue weighted by molar-refractivity contribution is -0.161. The number of aliphatic hydroxyl groups is 1. The summed E-state index contributed by atoms with van der Waals surface area (Å²) in [7, 11) is -9.91. The van der Waals surface area contributed by atoms with Crippen LogP contribution in [0, 0.1) is 11.8 Å². The van der Waals surface area contributed by atoms with E-state index in [-0.39, 0.29) is 25.7 Å². The maximum absolute atomic E-state index is 13.1. The highest BCUT2D eigenvalue weighted by atomic mass is 31.2. The third-order valence-corrected chi connectivity index (χ3v) is 19.9. The van der Waals surface area contributed by atoms with Crippen molar-refractivity contribution in [1.29, 1.82) is 0 Å². The predicted octanol–water partition coefficient (Wildman–Crippen LogP) is 22.7. The summed E-state index contributed by atoms with van der Waals surface area (Å²) in [6, 6.07) is 0. The van der Waals surface area contributed by atoms with Gasteiger partial charge in [-0.3, -0.25) is 37.3 Å². The summed E-state index contributed by atoms with van der Waals surface area (Å²) in [5, 5.41) is 10.6. The van der Waals surface area contributed by atoms with Gasteiger partial charge in [-0.25, -0.2) is 9.13 Å². The SMILES string of the molecule is CCCCCCCCCCCCCCCCC(=O)O[C@H](COC(=O)CCCCCCCCCC)COP(=O)(O)OC[C@H](O)COP(=O)(O)OC[C@@H](COC(=O)CCCCCCCCCCCCCCCC(C)C)OC(=O)CCCCCCCCCCCCCCCCCC(C)C. The van der Waals surface area contributed by atoms with Crippen molar-refractivity contribution in [3.8, 4) is 0 Å². The van der Waals surface area contributed by atoms with Gasteiger partial charge < -0.3 is 33.8 Å². The van der Waals surface area contributed by atoms with E-state index >= 15 is 0 Å². The zero-order valence-electron chi connectivity index (χ0n) is 62.7. The molecule has 0 radical (unpaired) electrons. The van der Waals surface area contributed by atoms with Crippen LogP contribution in [0.3, 0.4) is 0 Å². The molecule has 0 aliphatic rings. The third-order valence-electron chi connectivity index (χ3n) is 18.0. The molecule has 0 aliphatic heterocycles. The molecule has 570 valence electrons. The molecule has 0 heterocycles. The molecule has 2 unspecified atom stereocenters. The number of phosphoric ester groups is 2. The van der Waals surface area contributed by atoms with Gasteiger partial charge in [0.2, 0.25) is 0 Å². The Hall–Kier alpha value is -1.94. The number of aliphatic hydroxyl groups excluding tert-OH is 1. The molecule has 0 aromatic rings. The molecule has 0 amide bonds. The molecule has 0 fully saturated rings. The van der Waals surface area contributed by atoms with Gasteiger partial charge in [0.1, 0.15) is 19.3 Å². The van der Waals surface area contributed by atoms with Gasteiger partial charge in [0.25, 0.3) is 0 Å². The minimum Gasteiger partial charge on any atom is -0.462 e. The molecule has 5 atom stereocenters. The molecule has 0 saturated carbocycles. The first-order valence-corrected chi connectivity index (χ1v) is 43.0. The second-order valence-electron chi connectivity index (χ2n) is 28.7. The van der Waals surface area contributed by atoms with Crippen LogP contribution in [0.5, 0.6) is 0 Å². The number of carbonyl (C=O) groups excluding carboxylic acids is 4. The first kappa shape index (κ1) is 94.1. The van der Waals surface area contributed by atoms with Crippen molar-refractivity contribution in [3.63, 3.8) is 0 Å². The van der Waals surface area contributed by atoms with Crippen molar-refractivity contribution in [2.75, 3.05) is 39.6 Å². The number of unbranched alkanes of at least 4 members (excludes halogenated alkanes) is 46. The largest absolute Gasteiger partial charge is 0.472 e. The molecule has 0 aliphatic carbocycles. The lowest BCUT2D eigenvalue weighted by Crippen LogP contribution is -2.30. The monoisotopic (exact) mass is 1410 g/mol. The molecule has 0 aromatic carbocycles. The van der Waals surface area contributed by atoms with E-state index in [1.165, 1.54) is 212 Å². The Bertz CT molecular complexity index is 1860. The summed E-state index contributed by atoms with van der Waals surface area (Å²) >= 11 is 0. The van der Waals surface area contributed by atoms with E-state index < -0.39 is 97.5 Å². The molecule has 0 aromatic heterocycles. The van der Waals surface area contributed by atoms with Crippen molar-refractivity contribution >= 4 is 39.5 Å².